The number of benzene rings is 2. The zero-order valence-corrected chi connectivity index (χ0v) is 17.9. The number of carbonyl (C=O) groups is 2. The molecule has 0 aliphatic carbocycles. The van der Waals surface area contributed by atoms with Crippen molar-refractivity contribution in [3.8, 4) is 23.0 Å². The fourth-order valence-electron chi connectivity index (χ4n) is 2.92. The maximum atomic E-state index is 12.4. The molecule has 1 aromatic heterocycles. The first-order valence-electron chi connectivity index (χ1n) is 9.42. The van der Waals surface area contributed by atoms with Gasteiger partial charge in [0.05, 0.1) is 27.0 Å². The van der Waals surface area contributed by atoms with Crippen LogP contribution in [0.5, 0.6) is 23.0 Å². The van der Waals surface area contributed by atoms with E-state index in [-0.39, 0.29) is 23.6 Å². The molecule has 0 saturated heterocycles. The molecule has 0 spiro atoms. The summed E-state index contributed by atoms with van der Waals surface area (Å²) in [6.07, 6.45) is 0. The van der Waals surface area contributed by atoms with Crippen molar-refractivity contribution in [2.75, 3.05) is 38.6 Å². The van der Waals surface area contributed by atoms with Crippen molar-refractivity contribution in [3.63, 3.8) is 0 Å². The lowest BCUT2D eigenvalue weighted by atomic mass is 10.2. The molecule has 0 bridgehead atoms. The lowest BCUT2D eigenvalue weighted by molar-refractivity contribution is -0.118. The van der Waals surface area contributed by atoms with Crippen molar-refractivity contribution < 1.29 is 33.0 Å². The molecule has 0 aliphatic rings. The molecule has 168 valence electrons. The fraction of sp³-hybridized carbons (Fsp3) is 0.227. The van der Waals surface area contributed by atoms with E-state index in [1.54, 1.807) is 24.3 Å². The highest BCUT2D eigenvalue weighted by molar-refractivity contribution is 5.94. The highest BCUT2D eigenvalue weighted by Crippen LogP contribution is 2.33. The van der Waals surface area contributed by atoms with Gasteiger partial charge in [0, 0.05) is 24.4 Å². The Morgan fingerprint density at radius 2 is 1.62 bits per heavy atom. The largest absolute Gasteiger partial charge is 0.497 e. The predicted octanol–water partition coefficient (Wildman–Crippen LogP) is 2.79. The summed E-state index contributed by atoms with van der Waals surface area (Å²) in [6.45, 7) is 0.934. The van der Waals surface area contributed by atoms with Crippen LogP contribution in [-0.2, 0) is 9.59 Å². The minimum Gasteiger partial charge on any atom is -0.497 e. The lowest BCUT2D eigenvalue weighted by Crippen LogP contribution is -2.20. The van der Waals surface area contributed by atoms with Gasteiger partial charge >= 0.3 is 5.63 Å². The maximum Gasteiger partial charge on any atom is 0.360 e. The maximum absolute atomic E-state index is 12.4. The molecule has 10 nitrogen and oxygen atoms in total. The first-order valence-corrected chi connectivity index (χ1v) is 9.42. The number of rotatable bonds is 8. The van der Waals surface area contributed by atoms with E-state index in [1.165, 1.54) is 40.4 Å². The topological polar surface area (TPSA) is 125 Å². The van der Waals surface area contributed by atoms with Gasteiger partial charge in [0.15, 0.2) is 18.1 Å². The molecule has 0 aliphatic heterocycles. The van der Waals surface area contributed by atoms with Gasteiger partial charge in [-0.15, -0.1) is 0 Å². The van der Waals surface area contributed by atoms with Crippen LogP contribution in [0.1, 0.15) is 6.92 Å². The summed E-state index contributed by atoms with van der Waals surface area (Å²) < 4.78 is 26.6. The van der Waals surface area contributed by atoms with Crippen LogP contribution in [0, 0.1) is 0 Å². The SMILES string of the molecule is COc1ccc(OC)c(NC(=O)COc2cc3oc(=O)c(NC(C)=O)cc3cc2OC)c1. The van der Waals surface area contributed by atoms with Crippen LogP contribution in [0.25, 0.3) is 11.0 Å². The minimum atomic E-state index is -0.716. The molecule has 0 unspecified atom stereocenters. The average Bonchev–Trinajstić information content (AvgIpc) is 2.77. The van der Waals surface area contributed by atoms with Gasteiger partial charge in [-0.3, -0.25) is 9.59 Å². The first kappa shape index (κ1) is 22.5. The third-order valence-electron chi connectivity index (χ3n) is 4.37. The van der Waals surface area contributed by atoms with E-state index in [4.69, 9.17) is 23.4 Å². The van der Waals surface area contributed by atoms with Crippen LogP contribution in [0.2, 0.25) is 0 Å². The van der Waals surface area contributed by atoms with Crippen molar-refractivity contribution in [2.45, 2.75) is 6.92 Å². The number of carbonyl (C=O) groups excluding carboxylic acids is 2. The Kier molecular flexibility index (Phi) is 6.83. The van der Waals surface area contributed by atoms with E-state index < -0.39 is 17.4 Å². The van der Waals surface area contributed by atoms with Crippen LogP contribution >= 0.6 is 0 Å². The summed E-state index contributed by atoms with van der Waals surface area (Å²) in [7, 11) is 4.43. The van der Waals surface area contributed by atoms with Crippen molar-refractivity contribution in [3.05, 3.63) is 46.8 Å². The third kappa shape index (κ3) is 5.09. The van der Waals surface area contributed by atoms with E-state index in [1.807, 2.05) is 0 Å². The Hall–Kier alpha value is -4.21. The molecule has 2 aromatic carbocycles. The molecule has 2 N–H and O–H groups in total. The monoisotopic (exact) mass is 442 g/mol. The molecule has 2 amide bonds. The molecular formula is C22H22N2O8. The Morgan fingerprint density at radius 1 is 0.875 bits per heavy atom. The molecule has 0 atom stereocenters. The van der Waals surface area contributed by atoms with E-state index in [2.05, 4.69) is 10.6 Å². The molecule has 1 heterocycles. The second-order valence-corrected chi connectivity index (χ2v) is 6.57. The molecule has 3 aromatic rings. The fourth-order valence-corrected chi connectivity index (χ4v) is 2.92. The summed E-state index contributed by atoms with van der Waals surface area (Å²) in [4.78, 5) is 35.8. The van der Waals surface area contributed by atoms with Gasteiger partial charge in [-0.25, -0.2) is 4.79 Å². The number of amides is 2. The van der Waals surface area contributed by atoms with Gasteiger partial charge in [-0.2, -0.15) is 0 Å². The molecule has 0 radical (unpaired) electrons. The number of anilines is 2. The van der Waals surface area contributed by atoms with Crippen molar-refractivity contribution in [1.82, 2.24) is 0 Å². The number of hydrogen-bond donors (Lipinski definition) is 2. The van der Waals surface area contributed by atoms with E-state index in [0.717, 1.165) is 0 Å². The summed E-state index contributed by atoms with van der Waals surface area (Å²) >= 11 is 0. The predicted molar refractivity (Wildman–Crippen MR) is 117 cm³/mol. The van der Waals surface area contributed by atoms with Crippen LogP contribution in [0.15, 0.2) is 45.6 Å². The lowest BCUT2D eigenvalue weighted by Gasteiger charge is -2.14. The first-order chi connectivity index (χ1) is 15.3. The smallest absolute Gasteiger partial charge is 0.360 e. The zero-order valence-electron chi connectivity index (χ0n) is 17.9. The van der Waals surface area contributed by atoms with E-state index >= 15 is 0 Å². The van der Waals surface area contributed by atoms with Crippen molar-refractivity contribution >= 4 is 34.2 Å². The van der Waals surface area contributed by atoms with Crippen LogP contribution in [0.4, 0.5) is 11.4 Å². The molecule has 0 fully saturated rings. The molecule has 3 rings (SSSR count). The van der Waals surface area contributed by atoms with Gasteiger partial charge in [-0.05, 0) is 24.3 Å². The highest BCUT2D eigenvalue weighted by atomic mass is 16.5. The summed E-state index contributed by atoms with van der Waals surface area (Å²) in [5.74, 6) is 0.657. The van der Waals surface area contributed by atoms with E-state index in [0.29, 0.717) is 28.3 Å². The summed E-state index contributed by atoms with van der Waals surface area (Å²) in [6, 6.07) is 9.47. The summed E-state index contributed by atoms with van der Waals surface area (Å²) in [5, 5.41) is 5.60. The Morgan fingerprint density at radius 3 is 2.28 bits per heavy atom. The van der Waals surface area contributed by atoms with Crippen LogP contribution in [-0.4, -0.2) is 39.8 Å². The highest BCUT2D eigenvalue weighted by Gasteiger charge is 2.15. The Labute approximate surface area is 183 Å². The van der Waals surface area contributed by atoms with Gasteiger partial charge in [-0.1, -0.05) is 0 Å². The second kappa shape index (κ2) is 9.73. The van der Waals surface area contributed by atoms with Gasteiger partial charge in [0.1, 0.15) is 22.8 Å². The summed E-state index contributed by atoms with van der Waals surface area (Å²) in [5.41, 5.74) is -0.0868. The van der Waals surface area contributed by atoms with Crippen molar-refractivity contribution in [1.29, 1.82) is 0 Å². The van der Waals surface area contributed by atoms with Crippen LogP contribution in [0.3, 0.4) is 0 Å². The quantitative estimate of drug-likeness (QED) is 0.510. The average molecular weight is 442 g/mol. The number of nitrogens with one attached hydrogen (secondary N) is 2. The Balaban J connectivity index is 1.80. The zero-order chi connectivity index (χ0) is 23.3. The number of ether oxygens (including phenoxy) is 4. The molecular weight excluding hydrogens is 420 g/mol. The van der Waals surface area contributed by atoms with Gasteiger partial charge < -0.3 is 34.0 Å². The van der Waals surface area contributed by atoms with Gasteiger partial charge in [0.25, 0.3) is 5.91 Å². The third-order valence-corrected chi connectivity index (χ3v) is 4.37. The number of fused-ring (bicyclic) bond motifs is 1. The standard InChI is InChI=1S/C22H22N2O8/c1-12(25)23-16-7-13-8-19(30-4)20(10-18(13)32-22(16)27)31-11-21(26)24-15-9-14(28-2)5-6-17(15)29-3/h5-10H,11H2,1-4H3,(H,23,25)(H,24,26). The number of hydrogen-bond acceptors (Lipinski definition) is 8. The van der Waals surface area contributed by atoms with E-state index in [9.17, 15) is 14.4 Å². The van der Waals surface area contributed by atoms with Crippen molar-refractivity contribution in [2.24, 2.45) is 0 Å². The second-order valence-electron chi connectivity index (χ2n) is 6.57. The van der Waals surface area contributed by atoms with Crippen LogP contribution < -0.4 is 35.2 Å². The van der Waals surface area contributed by atoms with Gasteiger partial charge in [0.2, 0.25) is 5.91 Å². The molecule has 10 heteroatoms. The Bertz CT molecular complexity index is 1220. The molecule has 0 saturated carbocycles. The minimum absolute atomic E-state index is 0.00679. The normalized spacial score (nSPS) is 10.4. The molecule has 32 heavy (non-hydrogen) atoms. The number of methoxy groups -OCH3 is 3.